The van der Waals surface area contributed by atoms with Crippen LogP contribution in [0.3, 0.4) is 0 Å². The van der Waals surface area contributed by atoms with E-state index in [-0.39, 0.29) is 22.4 Å². The molecule has 0 aliphatic rings. The molecule has 0 unspecified atom stereocenters. The maximum Gasteiger partial charge on any atom is 0.446 e. The second-order valence-corrected chi connectivity index (χ2v) is 8.15. The van der Waals surface area contributed by atoms with Crippen molar-refractivity contribution in [2.75, 3.05) is 11.0 Å². The minimum Gasteiger partial charge on any atom is -0.289 e. The van der Waals surface area contributed by atoms with E-state index in [1.165, 1.54) is 60.7 Å². The van der Waals surface area contributed by atoms with E-state index in [9.17, 15) is 26.4 Å². The molecule has 0 aliphatic carbocycles. The van der Waals surface area contributed by atoms with Crippen LogP contribution in [0.2, 0.25) is 0 Å². The molecule has 0 aromatic heterocycles. The number of thioether (sulfide) groups is 1. The Morgan fingerprint density at radius 2 is 1.62 bits per heavy atom. The van der Waals surface area contributed by atoms with Crippen molar-refractivity contribution in [2.24, 2.45) is 0 Å². The van der Waals surface area contributed by atoms with Gasteiger partial charge in [-0.2, -0.15) is 13.2 Å². The van der Waals surface area contributed by atoms with Crippen LogP contribution in [0.4, 0.5) is 18.9 Å². The van der Waals surface area contributed by atoms with Crippen LogP contribution in [0.1, 0.15) is 15.9 Å². The number of benzene rings is 2. The van der Waals surface area contributed by atoms with E-state index in [1.54, 1.807) is 0 Å². The smallest absolute Gasteiger partial charge is 0.289 e. The highest BCUT2D eigenvalue weighted by atomic mass is 32.2. The summed E-state index contributed by atoms with van der Waals surface area (Å²) in [6, 6.07) is 11.5. The zero-order valence-electron chi connectivity index (χ0n) is 13.4. The highest BCUT2D eigenvalue weighted by Gasteiger charge is 2.28. The van der Waals surface area contributed by atoms with Gasteiger partial charge in [-0.3, -0.25) is 9.52 Å². The molecule has 0 atom stereocenters. The normalized spacial score (nSPS) is 12.3. The molecule has 0 amide bonds. The van der Waals surface area contributed by atoms with E-state index < -0.39 is 15.5 Å². The van der Waals surface area contributed by atoms with Crippen LogP contribution in [0.5, 0.6) is 0 Å². The van der Waals surface area contributed by atoms with Gasteiger partial charge in [-0.1, -0.05) is 18.2 Å². The number of carbonyl (C=O) groups is 1. The summed E-state index contributed by atoms with van der Waals surface area (Å²) in [5, 5.41) is 0. The van der Waals surface area contributed by atoms with Gasteiger partial charge in [-0.05, 0) is 59.8 Å². The maximum atomic E-state index is 12.3. The molecule has 0 radical (unpaired) electrons. The first-order valence-electron chi connectivity index (χ1n) is 7.18. The van der Waals surface area contributed by atoms with Crippen LogP contribution in [0, 0.1) is 0 Å². The number of allylic oxidation sites excluding steroid dienone is 1. The number of hydrogen-bond donors (Lipinski definition) is 1. The van der Waals surface area contributed by atoms with Gasteiger partial charge in [0.25, 0.3) is 0 Å². The Bertz CT molecular complexity index is 904. The average Bonchev–Trinajstić information content (AvgIpc) is 2.51. The van der Waals surface area contributed by atoms with E-state index in [1.807, 2.05) is 0 Å². The number of halogens is 3. The van der Waals surface area contributed by atoms with Gasteiger partial charge in [0, 0.05) is 16.1 Å². The Morgan fingerprint density at radius 3 is 2.12 bits per heavy atom. The third-order valence-corrected chi connectivity index (χ3v) is 4.36. The Labute approximate surface area is 153 Å². The van der Waals surface area contributed by atoms with E-state index >= 15 is 0 Å². The zero-order chi connectivity index (χ0) is 19.4. The van der Waals surface area contributed by atoms with Crippen molar-refractivity contribution < 1.29 is 26.4 Å². The van der Waals surface area contributed by atoms with Crippen LogP contribution in [-0.2, 0) is 10.0 Å². The van der Waals surface area contributed by atoms with Crippen molar-refractivity contribution in [3.63, 3.8) is 0 Å². The lowest BCUT2D eigenvalue weighted by molar-refractivity contribution is -0.0328. The molecule has 0 saturated heterocycles. The summed E-state index contributed by atoms with van der Waals surface area (Å²) in [7, 11) is -3.39. The van der Waals surface area contributed by atoms with Gasteiger partial charge in [-0.15, -0.1) is 0 Å². The van der Waals surface area contributed by atoms with Crippen molar-refractivity contribution in [3.8, 4) is 0 Å². The summed E-state index contributed by atoms with van der Waals surface area (Å²) in [5.41, 5.74) is -3.07. The second-order valence-electron chi connectivity index (χ2n) is 5.27. The van der Waals surface area contributed by atoms with Crippen LogP contribution >= 0.6 is 11.8 Å². The monoisotopic (exact) mass is 401 g/mol. The number of anilines is 1. The van der Waals surface area contributed by atoms with Gasteiger partial charge >= 0.3 is 5.51 Å². The number of ketones is 1. The molecule has 9 heteroatoms. The van der Waals surface area contributed by atoms with E-state index in [2.05, 4.69) is 4.72 Å². The number of rotatable bonds is 6. The molecule has 0 saturated carbocycles. The average molecular weight is 401 g/mol. The molecular weight excluding hydrogens is 387 g/mol. The number of nitrogens with one attached hydrogen (secondary N) is 1. The topological polar surface area (TPSA) is 63.2 Å². The molecule has 0 fully saturated rings. The summed E-state index contributed by atoms with van der Waals surface area (Å²) >= 11 is -0.204. The van der Waals surface area contributed by atoms with E-state index in [0.29, 0.717) is 16.8 Å². The van der Waals surface area contributed by atoms with Gasteiger partial charge in [0.1, 0.15) is 0 Å². The molecule has 1 N–H and O–H groups in total. The summed E-state index contributed by atoms with van der Waals surface area (Å²) in [6.45, 7) is 0. The molecule has 0 heterocycles. The molecule has 26 heavy (non-hydrogen) atoms. The number of carbonyl (C=O) groups excluding carboxylic acids is 1. The van der Waals surface area contributed by atoms with Gasteiger partial charge in [0.2, 0.25) is 10.0 Å². The van der Waals surface area contributed by atoms with E-state index in [4.69, 9.17) is 0 Å². The van der Waals surface area contributed by atoms with E-state index in [0.717, 1.165) is 6.26 Å². The standard InChI is InChI=1S/C17H14F3NO3S2/c1-26(23,24)21-14-7-5-13(6-8-14)16(22)11-4-12-2-9-15(10-3-12)25-17(18,19)20/h2-11,21H,1H3. The molecule has 2 rings (SSSR count). The third-order valence-electron chi connectivity index (χ3n) is 3.01. The molecule has 2 aromatic carbocycles. The Balaban J connectivity index is 2.02. The maximum absolute atomic E-state index is 12.3. The van der Waals surface area contributed by atoms with Gasteiger partial charge in [0.15, 0.2) is 5.78 Å². The number of hydrogen-bond acceptors (Lipinski definition) is 4. The summed E-state index contributed by atoms with van der Waals surface area (Å²) in [6.07, 6.45) is 3.81. The highest BCUT2D eigenvalue weighted by molar-refractivity contribution is 8.00. The quantitative estimate of drug-likeness (QED) is 0.438. The fourth-order valence-electron chi connectivity index (χ4n) is 1.97. The van der Waals surface area contributed by atoms with Gasteiger partial charge in [0.05, 0.1) is 6.26 Å². The molecule has 2 aromatic rings. The molecular formula is C17H14F3NO3S2. The predicted octanol–water partition coefficient (Wildman–Crippen LogP) is 4.57. The first-order valence-corrected chi connectivity index (χ1v) is 9.89. The minimum absolute atomic E-state index is 0.0648. The van der Waals surface area contributed by atoms with Crippen LogP contribution in [0.25, 0.3) is 6.08 Å². The molecule has 4 nitrogen and oxygen atoms in total. The van der Waals surface area contributed by atoms with Gasteiger partial charge in [-0.25, -0.2) is 8.42 Å². The molecule has 0 bridgehead atoms. The Morgan fingerprint density at radius 1 is 1.04 bits per heavy atom. The van der Waals surface area contributed by atoms with Crippen LogP contribution in [0.15, 0.2) is 59.5 Å². The van der Waals surface area contributed by atoms with Crippen molar-refractivity contribution in [3.05, 3.63) is 65.7 Å². The Hall–Kier alpha value is -2.26. The number of alkyl halides is 3. The zero-order valence-corrected chi connectivity index (χ0v) is 15.1. The molecule has 0 aliphatic heterocycles. The van der Waals surface area contributed by atoms with Crippen LogP contribution < -0.4 is 4.72 Å². The second kappa shape index (κ2) is 7.96. The lowest BCUT2D eigenvalue weighted by Crippen LogP contribution is -2.09. The minimum atomic E-state index is -4.34. The summed E-state index contributed by atoms with van der Waals surface area (Å²) in [5.74, 6) is -0.315. The molecule has 138 valence electrons. The number of sulfonamides is 1. The fourth-order valence-corrected chi connectivity index (χ4v) is 3.07. The predicted molar refractivity (Wildman–Crippen MR) is 96.6 cm³/mol. The lowest BCUT2D eigenvalue weighted by atomic mass is 10.1. The Kier molecular flexibility index (Phi) is 6.14. The first kappa shape index (κ1) is 20.1. The largest absolute Gasteiger partial charge is 0.446 e. The van der Waals surface area contributed by atoms with Crippen molar-refractivity contribution in [2.45, 2.75) is 10.4 Å². The van der Waals surface area contributed by atoms with Gasteiger partial charge < -0.3 is 0 Å². The van der Waals surface area contributed by atoms with Crippen molar-refractivity contribution >= 4 is 39.3 Å². The molecule has 0 spiro atoms. The SMILES string of the molecule is CS(=O)(=O)Nc1ccc(C(=O)C=Cc2ccc(SC(F)(F)F)cc2)cc1. The first-order chi connectivity index (χ1) is 12.0. The van der Waals surface area contributed by atoms with Crippen LogP contribution in [-0.4, -0.2) is 26.0 Å². The van der Waals surface area contributed by atoms with Crippen molar-refractivity contribution in [1.29, 1.82) is 0 Å². The fraction of sp³-hybridized carbons (Fsp3) is 0.118. The lowest BCUT2D eigenvalue weighted by Gasteiger charge is -2.05. The summed E-state index contributed by atoms with van der Waals surface area (Å²) in [4.78, 5) is 12.2. The summed E-state index contributed by atoms with van der Waals surface area (Å²) < 4.78 is 61.3. The third kappa shape index (κ3) is 6.93. The van der Waals surface area contributed by atoms with Crippen molar-refractivity contribution in [1.82, 2.24) is 0 Å². The highest BCUT2D eigenvalue weighted by Crippen LogP contribution is 2.36.